The van der Waals surface area contributed by atoms with Crippen LogP contribution in [0.4, 0.5) is 5.95 Å². The summed E-state index contributed by atoms with van der Waals surface area (Å²) in [5, 5.41) is 0. The topological polar surface area (TPSA) is 116 Å². The Bertz CT molecular complexity index is 1790. The Hall–Kier alpha value is -4.05. The molecule has 0 spiro atoms. The molecule has 242 valence electrons. The normalized spacial score (nSPS) is 22.2. The van der Waals surface area contributed by atoms with Gasteiger partial charge < -0.3 is 9.47 Å². The summed E-state index contributed by atoms with van der Waals surface area (Å²) in [4.78, 5) is 19.0. The Morgan fingerprint density at radius 1 is 0.957 bits per heavy atom. The van der Waals surface area contributed by atoms with Gasteiger partial charge in [-0.05, 0) is 87.6 Å². The van der Waals surface area contributed by atoms with E-state index >= 15 is 0 Å². The second-order valence-electron chi connectivity index (χ2n) is 13.4. The molecule has 4 atom stereocenters. The first-order chi connectivity index (χ1) is 22.0. The van der Waals surface area contributed by atoms with Crippen LogP contribution in [0.1, 0.15) is 81.3 Å². The van der Waals surface area contributed by atoms with Crippen molar-refractivity contribution in [2.45, 2.75) is 83.6 Å². The first-order valence-corrected chi connectivity index (χ1v) is 17.7. The molecule has 2 aromatic carbocycles. The predicted molar refractivity (Wildman–Crippen MR) is 179 cm³/mol. The smallest absolute Gasteiger partial charge is 0.264 e. The number of nitrogens with zero attached hydrogens (tertiary/aromatic N) is 4. The third-order valence-electron chi connectivity index (χ3n) is 9.12. The molecule has 1 fully saturated rings. The van der Waals surface area contributed by atoms with Gasteiger partial charge in [-0.25, -0.2) is 28.1 Å². The minimum atomic E-state index is -4.01. The standard InChI is InChI=1S/C36H43N5O4S/c1-21(2)15-25-13-14-29(35-37-18-27(19-38-35)45-22(3)4)34-26-11-8-12-28(16-26)46(42,43)41-36-39-31(17-32(40-36)44-20-30(25)34)33-23(5)9-7-10-24(33)6/h7-12,16-19,21-22,25,29-30,34H,13-15,20H2,1-6H3,(H,39,40,41)/t25-,29-,30+,34?/m0/s1. The minimum Gasteiger partial charge on any atom is -0.488 e. The number of benzene rings is 2. The third-order valence-corrected chi connectivity index (χ3v) is 10.4. The van der Waals surface area contributed by atoms with Gasteiger partial charge in [0.2, 0.25) is 11.8 Å². The average Bonchev–Trinajstić information content (AvgIpc) is 2.99. The van der Waals surface area contributed by atoms with Crippen molar-refractivity contribution in [2.75, 3.05) is 11.3 Å². The zero-order valence-corrected chi connectivity index (χ0v) is 28.2. The summed E-state index contributed by atoms with van der Waals surface area (Å²) in [6.45, 7) is 12.9. The molecular formula is C36H43N5O4S. The maximum Gasteiger partial charge on any atom is 0.264 e. The zero-order valence-electron chi connectivity index (χ0n) is 27.4. The third kappa shape index (κ3) is 6.72. The van der Waals surface area contributed by atoms with Gasteiger partial charge in [-0.2, -0.15) is 4.98 Å². The zero-order chi connectivity index (χ0) is 32.6. The van der Waals surface area contributed by atoms with E-state index in [4.69, 9.17) is 19.4 Å². The van der Waals surface area contributed by atoms with Crippen molar-refractivity contribution in [3.8, 4) is 22.9 Å². The first kappa shape index (κ1) is 31.9. The predicted octanol–water partition coefficient (Wildman–Crippen LogP) is 7.47. The van der Waals surface area contributed by atoms with E-state index in [1.54, 1.807) is 24.5 Å². The van der Waals surface area contributed by atoms with E-state index in [-0.39, 0.29) is 34.7 Å². The van der Waals surface area contributed by atoms with Crippen LogP contribution >= 0.6 is 0 Å². The van der Waals surface area contributed by atoms with E-state index in [0.29, 0.717) is 35.8 Å². The van der Waals surface area contributed by atoms with Crippen molar-refractivity contribution < 1.29 is 17.9 Å². The summed E-state index contributed by atoms with van der Waals surface area (Å²) in [6, 6.07) is 15.1. The Morgan fingerprint density at radius 2 is 1.67 bits per heavy atom. The fourth-order valence-electron chi connectivity index (χ4n) is 7.28. The average molecular weight is 642 g/mol. The molecule has 6 rings (SSSR count). The molecule has 9 nitrogen and oxygen atoms in total. The number of aromatic nitrogens is 4. The van der Waals surface area contributed by atoms with Gasteiger partial charge >= 0.3 is 0 Å². The Balaban J connectivity index is 1.49. The second kappa shape index (κ2) is 13.0. The molecule has 1 aliphatic carbocycles. The van der Waals surface area contributed by atoms with Gasteiger partial charge in [-0.15, -0.1) is 0 Å². The molecule has 10 heteroatoms. The van der Waals surface area contributed by atoms with Crippen molar-refractivity contribution in [3.05, 3.63) is 83.4 Å². The van der Waals surface area contributed by atoms with Crippen molar-refractivity contribution in [2.24, 2.45) is 17.8 Å². The molecule has 3 heterocycles. The number of nitrogens with one attached hydrogen (secondary N) is 1. The van der Waals surface area contributed by atoms with E-state index in [1.807, 2.05) is 64.1 Å². The molecule has 0 saturated heterocycles. The first-order valence-electron chi connectivity index (χ1n) is 16.2. The molecule has 1 N–H and O–H groups in total. The van der Waals surface area contributed by atoms with E-state index in [1.165, 1.54) is 0 Å². The lowest BCUT2D eigenvalue weighted by molar-refractivity contribution is 0.0947. The number of aryl methyl sites for hydroxylation is 2. The maximum absolute atomic E-state index is 13.8. The molecule has 1 aliphatic heterocycles. The quantitative estimate of drug-likeness (QED) is 0.231. The van der Waals surface area contributed by atoms with Crippen LogP contribution in [-0.4, -0.2) is 41.1 Å². The van der Waals surface area contributed by atoms with E-state index in [9.17, 15) is 8.42 Å². The largest absolute Gasteiger partial charge is 0.488 e. The summed E-state index contributed by atoms with van der Waals surface area (Å²) in [5.41, 5.74) is 4.54. The van der Waals surface area contributed by atoms with Crippen LogP contribution in [0.5, 0.6) is 11.6 Å². The van der Waals surface area contributed by atoms with Crippen LogP contribution in [0.25, 0.3) is 11.3 Å². The highest BCUT2D eigenvalue weighted by Gasteiger charge is 2.43. The highest BCUT2D eigenvalue weighted by molar-refractivity contribution is 7.92. The molecule has 4 aromatic rings. The van der Waals surface area contributed by atoms with Crippen LogP contribution in [0.15, 0.2) is 65.8 Å². The summed E-state index contributed by atoms with van der Waals surface area (Å²) in [6.07, 6.45) is 6.40. The molecule has 4 bridgehead atoms. The molecule has 1 saturated carbocycles. The maximum atomic E-state index is 13.8. The summed E-state index contributed by atoms with van der Waals surface area (Å²) < 4.78 is 42.7. The summed E-state index contributed by atoms with van der Waals surface area (Å²) >= 11 is 0. The number of ether oxygens (including phenoxy) is 2. The number of sulfonamides is 1. The lowest BCUT2D eigenvalue weighted by Crippen LogP contribution is -2.37. The number of anilines is 1. The van der Waals surface area contributed by atoms with Crippen molar-refractivity contribution >= 4 is 16.0 Å². The Morgan fingerprint density at radius 3 is 2.37 bits per heavy atom. The van der Waals surface area contributed by atoms with Crippen molar-refractivity contribution in [1.82, 2.24) is 19.9 Å². The molecule has 0 amide bonds. The highest BCUT2D eigenvalue weighted by atomic mass is 32.2. The Kier molecular flexibility index (Phi) is 9.01. The molecule has 46 heavy (non-hydrogen) atoms. The SMILES string of the molecule is Cc1cccc(C)c1-c1cc2nc(n1)NS(=O)(=O)c1cccc(c1)C1[C@@H](c3ncc(OC(C)C)cn3)CC[C@@H](CC(C)C)[C@H]1CO2. The van der Waals surface area contributed by atoms with Crippen molar-refractivity contribution in [1.29, 1.82) is 0 Å². The van der Waals surface area contributed by atoms with Gasteiger partial charge in [0.25, 0.3) is 10.0 Å². The van der Waals surface area contributed by atoms with Gasteiger partial charge in [0.1, 0.15) is 5.82 Å². The minimum absolute atomic E-state index is 0.0182. The number of hydrogen-bond donors (Lipinski definition) is 1. The molecule has 2 aliphatic rings. The van der Waals surface area contributed by atoms with Crippen molar-refractivity contribution in [3.63, 3.8) is 0 Å². The van der Waals surface area contributed by atoms with Crippen LogP contribution in [0, 0.1) is 31.6 Å². The Labute approximate surface area is 272 Å². The fourth-order valence-corrected chi connectivity index (χ4v) is 8.28. The molecule has 0 radical (unpaired) electrons. The number of fused-ring (bicyclic) bond motifs is 6. The summed E-state index contributed by atoms with van der Waals surface area (Å²) in [5.74, 6) is 2.46. The number of rotatable bonds is 6. The fraction of sp³-hybridized carbons (Fsp3) is 0.444. The van der Waals surface area contributed by atoms with Crippen LogP contribution in [-0.2, 0) is 10.0 Å². The van der Waals surface area contributed by atoms with Gasteiger partial charge in [0.05, 0.1) is 35.7 Å². The van der Waals surface area contributed by atoms with Gasteiger partial charge in [0.15, 0.2) is 5.75 Å². The lowest BCUT2D eigenvalue weighted by atomic mass is 9.62. The second-order valence-corrected chi connectivity index (χ2v) is 15.1. The monoisotopic (exact) mass is 641 g/mol. The van der Waals surface area contributed by atoms with E-state index in [2.05, 4.69) is 28.5 Å². The lowest BCUT2D eigenvalue weighted by Gasteiger charge is -2.43. The van der Waals surface area contributed by atoms with E-state index in [0.717, 1.165) is 47.3 Å². The van der Waals surface area contributed by atoms with Crippen LogP contribution in [0.3, 0.4) is 0 Å². The van der Waals surface area contributed by atoms with Gasteiger partial charge in [0, 0.05) is 29.4 Å². The van der Waals surface area contributed by atoms with Gasteiger partial charge in [-0.3, -0.25) is 0 Å². The summed E-state index contributed by atoms with van der Waals surface area (Å²) in [7, 11) is -4.01. The number of hydrogen-bond acceptors (Lipinski definition) is 8. The van der Waals surface area contributed by atoms with Gasteiger partial charge in [-0.1, -0.05) is 44.2 Å². The van der Waals surface area contributed by atoms with E-state index < -0.39 is 10.0 Å². The van der Waals surface area contributed by atoms with Crippen LogP contribution < -0.4 is 14.2 Å². The molecule has 1 unspecified atom stereocenters. The highest BCUT2D eigenvalue weighted by Crippen LogP contribution is 2.51. The van der Waals surface area contributed by atoms with Crippen LogP contribution in [0.2, 0.25) is 0 Å². The molecular weight excluding hydrogens is 598 g/mol. The molecule has 2 aromatic heterocycles.